The fourth-order valence-electron chi connectivity index (χ4n) is 3.45. The van der Waals surface area contributed by atoms with Gasteiger partial charge in [-0.1, -0.05) is 54.1 Å². The van der Waals surface area contributed by atoms with Crippen molar-refractivity contribution in [3.63, 3.8) is 0 Å². The second-order valence-corrected chi connectivity index (χ2v) is 7.02. The van der Waals surface area contributed by atoms with Crippen LogP contribution in [0.25, 0.3) is 0 Å². The van der Waals surface area contributed by atoms with E-state index in [1.54, 1.807) is 0 Å². The fourth-order valence-corrected chi connectivity index (χ4v) is 3.66. The molecule has 2 atom stereocenters. The first-order valence-corrected chi connectivity index (χ1v) is 8.93. The van der Waals surface area contributed by atoms with E-state index in [4.69, 9.17) is 11.6 Å². The number of quaternary nitrogens is 1. The van der Waals surface area contributed by atoms with Crippen molar-refractivity contribution in [2.24, 2.45) is 0 Å². The standard InChI is InChI=1S/C20H23ClN2O/c1-23(13-16-8-3-5-11-18(16)21)14-20(24)22-19-12-6-9-15-7-2-4-10-17(15)19/h2-5,7-8,10-11,19H,6,9,12-14H2,1H3,(H,22,24)/p+1/t19-/m1/s1. The van der Waals surface area contributed by atoms with Crippen molar-refractivity contribution < 1.29 is 9.69 Å². The molecule has 126 valence electrons. The molecule has 3 rings (SSSR count). The van der Waals surface area contributed by atoms with Crippen LogP contribution in [0.5, 0.6) is 0 Å². The number of amides is 1. The second-order valence-electron chi connectivity index (χ2n) is 6.61. The molecule has 3 nitrogen and oxygen atoms in total. The number of likely N-dealkylation sites (N-methyl/N-ethyl adjacent to an activating group) is 1. The molecule has 2 aromatic rings. The smallest absolute Gasteiger partial charge is 0.275 e. The monoisotopic (exact) mass is 343 g/mol. The Kier molecular flexibility index (Phi) is 5.54. The van der Waals surface area contributed by atoms with Gasteiger partial charge < -0.3 is 10.2 Å². The first kappa shape index (κ1) is 17.0. The maximum Gasteiger partial charge on any atom is 0.275 e. The van der Waals surface area contributed by atoms with Crippen LogP contribution in [0.1, 0.15) is 35.6 Å². The number of carbonyl (C=O) groups is 1. The molecule has 24 heavy (non-hydrogen) atoms. The lowest BCUT2D eigenvalue weighted by molar-refractivity contribution is -0.885. The van der Waals surface area contributed by atoms with Crippen LogP contribution in [-0.2, 0) is 17.8 Å². The van der Waals surface area contributed by atoms with Crippen LogP contribution in [-0.4, -0.2) is 19.5 Å². The average Bonchev–Trinajstić information content (AvgIpc) is 2.57. The van der Waals surface area contributed by atoms with Gasteiger partial charge in [0.05, 0.1) is 13.1 Å². The first-order valence-electron chi connectivity index (χ1n) is 8.55. The number of carbonyl (C=O) groups excluding carboxylic acids is 1. The van der Waals surface area contributed by atoms with E-state index >= 15 is 0 Å². The van der Waals surface area contributed by atoms with Crippen molar-refractivity contribution >= 4 is 17.5 Å². The topological polar surface area (TPSA) is 33.5 Å². The fraction of sp³-hybridized carbons (Fsp3) is 0.350. The molecule has 0 aliphatic heterocycles. The van der Waals surface area contributed by atoms with E-state index in [0.29, 0.717) is 6.54 Å². The van der Waals surface area contributed by atoms with Crippen molar-refractivity contribution in [3.8, 4) is 0 Å². The summed E-state index contributed by atoms with van der Waals surface area (Å²) in [5, 5.41) is 3.98. The summed E-state index contributed by atoms with van der Waals surface area (Å²) in [5.74, 6) is 0.0984. The first-order chi connectivity index (χ1) is 11.6. The minimum atomic E-state index is 0.0984. The van der Waals surface area contributed by atoms with E-state index < -0.39 is 0 Å². The zero-order chi connectivity index (χ0) is 16.9. The lowest BCUT2D eigenvalue weighted by Crippen LogP contribution is -3.08. The molecule has 1 aliphatic carbocycles. The Morgan fingerprint density at radius 2 is 1.96 bits per heavy atom. The third-order valence-electron chi connectivity index (χ3n) is 4.62. The summed E-state index contributed by atoms with van der Waals surface area (Å²) < 4.78 is 0. The van der Waals surface area contributed by atoms with Gasteiger partial charge in [0.15, 0.2) is 6.54 Å². The van der Waals surface area contributed by atoms with Gasteiger partial charge in [0.2, 0.25) is 0 Å². The molecular weight excluding hydrogens is 320 g/mol. The molecule has 0 radical (unpaired) electrons. The quantitative estimate of drug-likeness (QED) is 0.859. The third kappa shape index (κ3) is 4.16. The molecule has 0 saturated carbocycles. The molecule has 0 spiro atoms. The minimum Gasteiger partial charge on any atom is -0.344 e. The Morgan fingerprint density at radius 1 is 1.21 bits per heavy atom. The van der Waals surface area contributed by atoms with Crippen LogP contribution >= 0.6 is 11.6 Å². The molecule has 0 bridgehead atoms. The molecule has 0 aromatic heterocycles. The summed E-state index contributed by atoms with van der Waals surface area (Å²) in [7, 11) is 2.03. The Bertz CT molecular complexity index is 716. The number of halogens is 1. The van der Waals surface area contributed by atoms with E-state index in [1.165, 1.54) is 11.1 Å². The summed E-state index contributed by atoms with van der Waals surface area (Å²) in [6, 6.07) is 16.4. The van der Waals surface area contributed by atoms with Crippen molar-refractivity contribution in [3.05, 3.63) is 70.2 Å². The van der Waals surface area contributed by atoms with E-state index in [0.717, 1.165) is 41.3 Å². The van der Waals surface area contributed by atoms with E-state index in [9.17, 15) is 4.79 Å². The predicted octanol–water partition coefficient (Wildman–Crippen LogP) is 2.55. The van der Waals surface area contributed by atoms with Gasteiger partial charge >= 0.3 is 0 Å². The van der Waals surface area contributed by atoms with Crippen molar-refractivity contribution in [1.82, 2.24) is 5.32 Å². The summed E-state index contributed by atoms with van der Waals surface area (Å²) >= 11 is 6.20. The number of rotatable bonds is 5. The van der Waals surface area contributed by atoms with Crippen molar-refractivity contribution in [2.45, 2.75) is 31.8 Å². The van der Waals surface area contributed by atoms with E-state index in [2.05, 4.69) is 29.6 Å². The molecule has 2 N–H and O–H groups in total. The van der Waals surface area contributed by atoms with Gasteiger partial charge in [0.1, 0.15) is 6.54 Å². The molecule has 4 heteroatoms. The molecular formula is C20H24ClN2O+. The molecule has 1 amide bonds. The van der Waals surface area contributed by atoms with Crippen LogP contribution in [0.2, 0.25) is 5.02 Å². The van der Waals surface area contributed by atoms with Crippen LogP contribution in [0.15, 0.2) is 48.5 Å². The predicted molar refractivity (Wildman–Crippen MR) is 97.2 cm³/mol. The average molecular weight is 344 g/mol. The molecule has 1 unspecified atom stereocenters. The zero-order valence-electron chi connectivity index (χ0n) is 14.0. The molecule has 0 saturated heterocycles. The largest absolute Gasteiger partial charge is 0.344 e. The Balaban J connectivity index is 1.57. The lowest BCUT2D eigenvalue weighted by Gasteiger charge is -2.26. The highest BCUT2D eigenvalue weighted by atomic mass is 35.5. The van der Waals surface area contributed by atoms with Gasteiger partial charge in [0.25, 0.3) is 5.91 Å². The van der Waals surface area contributed by atoms with Crippen LogP contribution in [0.4, 0.5) is 0 Å². The highest BCUT2D eigenvalue weighted by Gasteiger charge is 2.22. The highest BCUT2D eigenvalue weighted by molar-refractivity contribution is 6.31. The van der Waals surface area contributed by atoms with Crippen molar-refractivity contribution in [2.75, 3.05) is 13.6 Å². The maximum atomic E-state index is 12.4. The highest BCUT2D eigenvalue weighted by Crippen LogP contribution is 2.29. The Labute approximate surface area is 148 Å². The van der Waals surface area contributed by atoms with Gasteiger partial charge in [-0.25, -0.2) is 0 Å². The van der Waals surface area contributed by atoms with E-state index in [-0.39, 0.29) is 11.9 Å². The van der Waals surface area contributed by atoms with Crippen LogP contribution < -0.4 is 10.2 Å². The summed E-state index contributed by atoms with van der Waals surface area (Å²) in [5.41, 5.74) is 3.72. The van der Waals surface area contributed by atoms with Gasteiger partial charge in [-0.15, -0.1) is 0 Å². The molecule has 0 heterocycles. The number of benzene rings is 2. The van der Waals surface area contributed by atoms with E-state index in [1.807, 2.05) is 31.3 Å². The maximum absolute atomic E-state index is 12.4. The number of nitrogens with one attached hydrogen (secondary N) is 2. The third-order valence-corrected chi connectivity index (χ3v) is 4.99. The minimum absolute atomic E-state index is 0.0984. The number of aryl methyl sites for hydroxylation is 1. The molecule has 2 aromatic carbocycles. The van der Waals surface area contributed by atoms with Crippen molar-refractivity contribution in [1.29, 1.82) is 0 Å². The zero-order valence-corrected chi connectivity index (χ0v) is 14.8. The van der Waals surface area contributed by atoms with Gasteiger partial charge in [-0.3, -0.25) is 4.79 Å². The Morgan fingerprint density at radius 3 is 2.79 bits per heavy atom. The van der Waals surface area contributed by atoms with Crippen LogP contribution in [0, 0.1) is 0 Å². The number of hydrogen-bond donors (Lipinski definition) is 2. The summed E-state index contributed by atoms with van der Waals surface area (Å²) in [6.45, 7) is 1.19. The molecule has 0 fully saturated rings. The SMILES string of the molecule is C[NH+](CC(=O)N[C@@H]1CCCc2ccccc21)Cc1ccccc1Cl. The normalized spacial score (nSPS) is 17.8. The lowest BCUT2D eigenvalue weighted by atomic mass is 9.88. The van der Waals surface area contributed by atoms with Gasteiger partial charge in [0, 0.05) is 10.6 Å². The van der Waals surface area contributed by atoms with Gasteiger partial charge in [-0.2, -0.15) is 0 Å². The van der Waals surface area contributed by atoms with Gasteiger partial charge in [-0.05, 0) is 36.5 Å². The second kappa shape index (κ2) is 7.82. The summed E-state index contributed by atoms with van der Waals surface area (Å²) in [6.07, 6.45) is 3.26. The Hall–Kier alpha value is -1.84. The number of fused-ring (bicyclic) bond motifs is 1. The molecule has 1 aliphatic rings. The van der Waals surface area contributed by atoms with Crippen LogP contribution in [0.3, 0.4) is 0 Å². The number of hydrogen-bond acceptors (Lipinski definition) is 1. The summed E-state index contributed by atoms with van der Waals surface area (Å²) in [4.78, 5) is 13.6.